The van der Waals surface area contributed by atoms with Gasteiger partial charge in [0.25, 0.3) is 0 Å². The molecular formula is C76H106F6N12O12. The van der Waals surface area contributed by atoms with Crippen molar-refractivity contribution in [1.82, 2.24) is 60.0 Å². The topological polar surface area (TPSA) is 270 Å². The molecule has 2 saturated heterocycles. The van der Waals surface area contributed by atoms with E-state index in [0.29, 0.717) is 37.0 Å². The van der Waals surface area contributed by atoms with Crippen molar-refractivity contribution in [3.05, 3.63) is 106 Å². The second-order valence-corrected chi connectivity index (χ2v) is 29.6. The first-order valence-corrected chi connectivity index (χ1v) is 36.2. The average molecular weight is 1490 g/mol. The lowest BCUT2D eigenvalue weighted by molar-refractivity contribution is -0.160. The number of carbonyl (C=O) groups excluding carboxylic acids is 12. The van der Waals surface area contributed by atoms with Gasteiger partial charge < -0.3 is 60.0 Å². The SMILES string of the molecule is CC[C@H](C)[C@@H]1NC(=O)[C@H](CC(C)C)N(C)C(=O)C[C@@H](C(=O)N(C)C)N(C)C(=O)[C@H]([C@@H](C)CC)N(C)C(=O)C2(CCCC2)NC(=O)[C@H](Cc2ccc(F)cc2)N(C)C(=O)[C@H](CCc2cc(F)c(C(F)(F)F)c(F)c2)NC(=O)CN(C)C(=O)[C@H](Cc2ccc(C)cc2)N(C)C(=O)C2CCN2C(=O)[C@H](C)N(C)C1=O. The molecule has 24 nitrogen and oxygen atoms in total. The first kappa shape index (κ1) is 85.8. The quantitative estimate of drug-likeness (QED) is 0.159. The molecule has 3 aromatic rings. The summed E-state index contributed by atoms with van der Waals surface area (Å²) >= 11 is 0. The Bertz CT molecular complexity index is 3680. The number of benzene rings is 3. The van der Waals surface area contributed by atoms with Gasteiger partial charge in [0, 0.05) is 82.8 Å². The molecule has 1 aliphatic carbocycles. The van der Waals surface area contributed by atoms with Crippen molar-refractivity contribution in [3.63, 3.8) is 0 Å². The summed E-state index contributed by atoms with van der Waals surface area (Å²) in [6.07, 6.45) is -6.29. The van der Waals surface area contributed by atoms with Gasteiger partial charge >= 0.3 is 6.18 Å². The van der Waals surface area contributed by atoms with Crippen LogP contribution >= 0.6 is 0 Å². The van der Waals surface area contributed by atoms with Crippen molar-refractivity contribution < 1.29 is 83.9 Å². The number of nitrogens with one attached hydrogen (secondary N) is 3. The van der Waals surface area contributed by atoms with E-state index < -0.39 is 204 Å². The van der Waals surface area contributed by atoms with Crippen LogP contribution in [0.2, 0.25) is 0 Å². The van der Waals surface area contributed by atoms with E-state index >= 15 is 32.8 Å². The maximum absolute atomic E-state index is 15.7. The number of likely N-dealkylation sites (N-methyl/N-ethyl adjacent to an activating group) is 8. The first-order valence-electron chi connectivity index (χ1n) is 36.2. The zero-order valence-electron chi connectivity index (χ0n) is 64.0. The lowest BCUT2D eigenvalue weighted by atomic mass is 9.90. The Morgan fingerprint density at radius 3 is 1.69 bits per heavy atom. The van der Waals surface area contributed by atoms with Gasteiger partial charge in [0.1, 0.15) is 82.9 Å². The van der Waals surface area contributed by atoms with E-state index in [1.165, 1.54) is 97.2 Å². The minimum absolute atomic E-state index is 0.00439. The number of aryl methyl sites for hydroxylation is 2. The van der Waals surface area contributed by atoms with Crippen LogP contribution in [0.15, 0.2) is 60.7 Å². The number of halogens is 6. The summed E-state index contributed by atoms with van der Waals surface area (Å²) in [7, 11) is 12.0. The van der Waals surface area contributed by atoms with Gasteiger partial charge in [-0.25, -0.2) is 13.2 Å². The van der Waals surface area contributed by atoms with Gasteiger partial charge in [0.2, 0.25) is 70.9 Å². The molecule has 12 amide bonds. The Balaban J connectivity index is 1.51. The van der Waals surface area contributed by atoms with E-state index in [9.17, 15) is 51.1 Å². The summed E-state index contributed by atoms with van der Waals surface area (Å²) in [4.78, 5) is 190. The number of fused-ring (bicyclic) bond motifs is 1. The normalized spacial score (nSPS) is 24.6. The standard InChI is InChI=1S/C76H106F6N12O12/c1-18-45(6)63-72(104)88(12)47(8)67(99)94-35-32-55(94)71(103)91(15)58(40-48-24-22-44(5)23-25-48)70(102)87(11)42-60(95)83-54(31-28-50-37-52(78)62(53(79)38-50)76(80,81)82)68(100)90(14)57(39-49-26-29-51(77)30-27-49)66(98)85-75(33-20-21-34-75)74(106)93(17)64(46(7)19-2)73(105)92(16)59(69(101)86(9)10)41-61(96)89(13)56(36-43(3)4)65(97)84-63/h22-27,29-30,37-38,43,45-47,54-59,63-64H,18-21,28,31-36,39-42H2,1-17H3,(H,83,95)(H,84,97)(H,85,98)/t45-,46-,47-,54-,55?,56-,57-,58-,59-,63-,64-/m0/s1. The number of hydrogen-bond acceptors (Lipinski definition) is 12. The summed E-state index contributed by atoms with van der Waals surface area (Å²) < 4.78 is 86.5. The number of alkyl halides is 3. The summed E-state index contributed by atoms with van der Waals surface area (Å²) in [5, 5.41) is 8.35. The Labute approximate surface area is 617 Å². The summed E-state index contributed by atoms with van der Waals surface area (Å²) in [6, 6.07) is -0.0102. The molecule has 1 unspecified atom stereocenters. The maximum atomic E-state index is 15.7. The molecule has 0 bridgehead atoms. The molecule has 3 fully saturated rings. The van der Waals surface area contributed by atoms with Crippen molar-refractivity contribution in [2.45, 2.75) is 205 Å². The lowest BCUT2D eigenvalue weighted by Crippen LogP contribution is -2.65. The van der Waals surface area contributed by atoms with Gasteiger partial charge in [-0.05, 0) is 111 Å². The highest BCUT2D eigenvalue weighted by molar-refractivity contribution is 6.01. The highest BCUT2D eigenvalue weighted by Gasteiger charge is 2.51. The molecule has 3 aliphatic rings. The second-order valence-electron chi connectivity index (χ2n) is 29.6. The minimum atomic E-state index is -5.44. The van der Waals surface area contributed by atoms with Gasteiger partial charge in [-0.1, -0.05) is 109 Å². The zero-order chi connectivity index (χ0) is 79.5. The van der Waals surface area contributed by atoms with Crippen molar-refractivity contribution in [2.75, 3.05) is 76.5 Å². The van der Waals surface area contributed by atoms with Crippen LogP contribution in [0.5, 0.6) is 0 Å². The smallest absolute Gasteiger partial charge is 0.347 e. The van der Waals surface area contributed by atoms with E-state index in [0.717, 1.165) is 47.1 Å². The van der Waals surface area contributed by atoms with Gasteiger partial charge in [0.15, 0.2) is 0 Å². The van der Waals surface area contributed by atoms with Crippen LogP contribution in [0, 0.1) is 42.1 Å². The second kappa shape index (κ2) is 36.5. The van der Waals surface area contributed by atoms with Gasteiger partial charge in [-0.2, -0.15) is 13.2 Å². The molecule has 2 aliphatic heterocycles. The number of hydrogen-bond donors (Lipinski definition) is 3. The lowest BCUT2D eigenvalue weighted by Gasteiger charge is -2.45. The number of rotatable bonds is 14. The van der Waals surface area contributed by atoms with Crippen molar-refractivity contribution in [2.24, 2.45) is 17.8 Å². The average Bonchev–Trinajstić information content (AvgIpc) is 1.16. The Kier molecular flexibility index (Phi) is 29.5. The summed E-state index contributed by atoms with van der Waals surface area (Å²) in [5.41, 5.74) is -2.65. The third-order valence-electron chi connectivity index (χ3n) is 21.4. The fourth-order valence-corrected chi connectivity index (χ4v) is 14.0. The minimum Gasteiger partial charge on any atom is -0.347 e. The van der Waals surface area contributed by atoms with Crippen molar-refractivity contribution in [1.29, 1.82) is 0 Å². The fourth-order valence-electron chi connectivity index (χ4n) is 14.0. The highest BCUT2D eigenvalue weighted by atomic mass is 19.4. The van der Waals surface area contributed by atoms with Crippen LogP contribution in [0.3, 0.4) is 0 Å². The fraction of sp³-hybridized carbons (Fsp3) is 0.605. The number of carbonyl (C=O) groups is 12. The van der Waals surface area contributed by atoms with Crippen LogP contribution < -0.4 is 16.0 Å². The molecule has 30 heteroatoms. The monoisotopic (exact) mass is 1490 g/mol. The van der Waals surface area contributed by atoms with Crippen molar-refractivity contribution in [3.8, 4) is 0 Å². The number of nitrogens with zero attached hydrogens (tertiary/aromatic N) is 9. The molecule has 2 heterocycles. The summed E-state index contributed by atoms with van der Waals surface area (Å²) in [6.45, 7) is 13.1. The molecule has 584 valence electrons. The van der Waals surface area contributed by atoms with Gasteiger partial charge in [-0.15, -0.1) is 0 Å². The van der Waals surface area contributed by atoms with Gasteiger partial charge in [-0.3, -0.25) is 57.5 Å². The summed E-state index contributed by atoms with van der Waals surface area (Å²) in [5.74, 6) is -15.7. The molecule has 106 heavy (non-hydrogen) atoms. The van der Waals surface area contributed by atoms with E-state index in [1.807, 2.05) is 20.8 Å². The van der Waals surface area contributed by atoms with Crippen LogP contribution in [0.4, 0.5) is 26.3 Å². The predicted octanol–water partition coefficient (Wildman–Crippen LogP) is 5.92. The van der Waals surface area contributed by atoms with E-state index in [1.54, 1.807) is 52.0 Å². The molecule has 6 rings (SSSR count). The first-order chi connectivity index (χ1) is 49.5. The molecule has 0 aromatic heterocycles. The molecule has 0 radical (unpaired) electrons. The molecule has 3 N–H and O–H groups in total. The third kappa shape index (κ3) is 20.3. The Morgan fingerprint density at radius 2 is 1.17 bits per heavy atom. The van der Waals surface area contributed by atoms with E-state index in [2.05, 4.69) is 16.0 Å². The van der Waals surface area contributed by atoms with Crippen LogP contribution in [0.1, 0.15) is 140 Å². The molecule has 1 spiro atoms. The van der Waals surface area contributed by atoms with Gasteiger partial charge in [0.05, 0.1) is 13.0 Å². The molecule has 3 aromatic carbocycles. The zero-order valence-corrected chi connectivity index (χ0v) is 64.0. The Hall–Kier alpha value is -9.12. The maximum Gasteiger partial charge on any atom is 0.422 e. The third-order valence-corrected chi connectivity index (χ3v) is 21.4. The largest absolute Gasteiger partial charge is 0.422 e. The van der Waals surface area contributed by atoms with Crippen LogP contribution in [-0.2, 0) is 83.0 Å². The van der Waals surface area contributed by atoms with Crippen LogP contribution in [-0.4, -0.2) is 251 Å². The predicted molar refractivity (Wildman–Crippen MR) is 382 cm³/mol. The van der Waals surface area contributed by atoms with E-state index in [4.69, 9.17) is 0 Å². The molecule has 11 atom stereocenters. The Morgan fingerprint density at radius 1 is 0.623 bits per heavy atom. The molecule has 1 saturated carbocycles. The van der Waals surface area contributed by atoms with Crippen LogP contribution in [0.25, 0.3) is 0 Å². The number of amides is 12. The van der Waals surface area contributed by atoms with Crippen molar-refractivity contribution >= 4 is 70.9 Å². The van der Waals surface area contributed by atoms with E-state index in [-0.39, 0.29) is 62.1 Å². The molecular weight excluding hydrogens is 1390 g/mol. The highest BCUT2D eigenvalue weighted by Crippen LogP contribution is 2.36.